The average molecular weight is 532 g/mol. The number of hydrogen-bond acceptors (Lipinski definition) is 5. The monoisotopic (exact) mass is 531 g/mol. The van der Waals surface area contributed by atoms with Crippen LogP contribution in [0, 0.1) is 0 Å². The van der Waals surface area contributed by atoms with E-state index in [1.165, 1.54) is 6.26 Å². The average Bonchev–Trinajstić information content (AvgIpc) is 2.84. The molecule has 184 valence electrons. The van der Waals surface area contributed by atoms with Crippen LogP contribution >= 0.6 is 23.2 Å². The zero-order valence-corrected chi connectivity index (χ0v) is 21.9. The molecule has 0 saturated carbocycles. The van der Waals surface area contributed by atoms with Crippen LogP contribution in [0.5, 0.6) is 0 Å². The van der Waals surface area contributed by atoms with Gasteiger partial charge in [-0.3, -0.25) is 14.7 Å². The molecule has 0 spiro atoms. The van der Waals surface area contributed by atoms with Crippen molar-refractivity contribution in [1.29, 1.82) is 0 Å². The second-order valence-electron chi connectivity index (χ2n) is 8.91. The maximum atomic E-state index is 12.9. The third-order valence-electron chi connectivity index (χ3n) is 6.37. The molecular formula is C26H27Cl2N3O3S. The number of sulfone groups is 1. The lowest BCUT2D eigenvalue weighted by atomic mass is 10.0. The molecule has 1 aromatic heterocycles. The topological polar surface area (TPSA) is 70.6 Å². The first-order valence-electron chi connectivity index (χ1n) is 11.3. The number of hydrogen-bond donors (Lipinski definition) is 0. The van der Waals surface area contributed by atoms with E-state index in [1.807, 2.05) is 23.2 Å². The molecule has 2 aromatic carbocycles. The zero-order chi connectivity index (χ0) is 25.2. The molecule has 0 bridgehead atoms. The van der Waals surface area contributed by atoms with Gasteiger partial charge in [0.15, 0.2) is 9.84 Å². The van der Waals surface area contributed by atoms with Crippen molar-refractivity contribution in [2.45, 2.75) is 30.3 Å². The normalized spacial score (nSPS) is 14.9. The third-order valence-corrected chi connectivity index (χ3v) is 8.05. The van der Waals surface area contributed by atoms with Crippen LogP contribution in [-0.4, -0.2) is 61.5 Å². The van der Waals surface area contributed by atoms with E-state index in [-0.39, 0.29) is 5.91 Å². The highest BCUT2D eigenvalue weighted by Gasteiger charge is 2.27. The summed E-state index contributed by atoms with van der Waals surface area (Å²) in [6.45, 7) is 2.10. The molecule has 2 heterocycles. The van der Waals surface area contributed by atoms with E-state index in [1.54, 1.807) is 42.5 Å². The highest BCUT2D eigenvalue weighted by atomic mass is 35.5. The van der Waals surface area contributed by atoms with Crippen molar-refractivity contribution < 1.29 is 13.2 Å². The van der Waals surface area contributed by atoms with Gasteiger partial charge in [-0.15, -0.1) is 0 Å². The van der Waals surface area contributed by atoms with Gasteiger partial charge in [0, 0.05) is 48.7 Å². The largest absolute Gasteiger partial charge is 0.338 e. The second-order valence-corrected chi connectivity index (χ2v) is 11.8. The van der Waals surface area contributed by atoms with E-state index in [9.17, 15) is 13.2 Å². The van der Waals surface area contributed by atoms with Crippen molar-refractivity contribution >= 4 is 38.9 Å². The van der Waals surface area contributed by atoms with Crippen LogP contribution in [0.2, 0.25) is 10.0 Å². The van der Waals surface area contributed by atoms with Crippen LogP contribution in [0.25, 0.3) is 11.3 Å². The number of benzene rings is 2. The minimum atomic E-state index is -3.22. The molecule has 35 heavy (non-hydrogen) atoms. The maximum absolute atomic E-state index is 12.9. The summed E-state index contributed by atoms with van der Waals surface area (Å²) < 4.78 is 23.3. The molecule has 6 nitrogen and oxygen atoms in total. The quantitative estimate of drug-likeness (QED) is 0.437. The number of carbonyl (C=O) groups is 1. The molecule has 3 aromatic rings. The fourth-order valence-electron chi connectivity index (χ4n) is 4.32. The van der Waals surface area contributed by atoms with Crippen LogP contribution < -0.4 is 0 Å². The molecule has 1 amide bonds. The number of likely N-dealkylation sites (tertiary alicyclic amines) is 1. The van der Waals surface area contributed by atoms with Gasteiger partial charge in [0.05, 0.1) is 21.2 Å². The molecule has 1 saturated heterocycles. The first-order valence-corrected chi connectivity index (χ1v) is 14.0. The minimum Gasteiger partial charge on any atom is -0.338 e. The Morgan fingerprint density at radius 1 is 1.06 bits per heavy atom. The lowest BCUT2D eigenvalue weighted by Crippen LogP contribution is -2.45. The number of rotatable bonds is 6. The van der Waals surface area contributed by atoms with Crippen LogP contribution in [0.3, 0.4) is 0 Å². The van der Waals surface area contributed by atoms with Crippen LogP contribution in [0.15, 0.2) is 65.7 Å². The van der Waals surface area contributed by atoms with Crippen LogP contribution in [0.1, 0.15) is 28.8 Å². The van der Waals surface area contributed by atoms with Crippen molar-refractivity contribution in [3.8, 4) is 11.3 Å². The van der Waals surface area contributed by atoms with E-state index in [0.717, 1.165) is 36.2 Å². The predicted octanol–water partition coefficient (Wildman–Crippen LogP) is 5.20. The lowest BCUT2D eigenvalue weighted by molar-refractivity contribution is 0.0639. The molecule has 1 fully saturated rings. The Balaban J connectivity index is 1.32. The van der Waals surface area contributed by atoms with Gasteiger partial charge in [0.2, 0.25) is 0 Å². The molecule has 0 unspecified atom stereocenters. The van der Waals surface area contributed by atoms with Gasteiger partial charge in [-0.25, -0.2) is 8.42 Å². The number of amides is 1. The van der Waals surface area contributed by atoms with E-state index < -0.39 is 9.84 Å². The molecule has 0 atom stereocenters. The highest BCUT2D eigenvalue weighted by molar-refractivity contribution is 7.90. The van der Waals surface area contributed by atoms with Crippen molar-refractivity contribution in [2.24, 2.45) is 0 Å². The smallest absolute Gasteiger partial charge is 0.255 e. The summed E-state index contributed by atoms with van der Waals surface area (Å²) in [5, 5.41) is 0.892. The molecule has 0 radical (unpaired) electrons. The fourth-order valence-corrected chi connectivity index (χ4v) is 5.44. The molecule has 0 aliphatic carbocycles. The van der Waals surface area contributed by atoms with Gasteiger partial charge in [-0.2, -0.15) is 0 Å². The van der Waals surface area contributed by atoms with Crippen LogP contribution in [-0.2, 0) is 16.4 Å². The first kappa shape index (κ1) is 25.6. The van der Waals surface area contributed by atoms with Gasteiger partial charge >= 0.3 is 0 Å². The molecule has 0 N–H and O–H groups in total. The van der Waals surface area contributed by atoms with Gasteiger partial charge in [-0.1, -0.05) is 41.4 Å². The lowest BCUT2D eigenvalue weighted by Gasteiger charge is -2.37. The summed E-state index contributed by atoms with van der Waals surface area (Å²) in [7, 11) is -1.12. The first-order chi connectivity index (χ1) is 16.6. The van der Waals surface area contributed by atoms with Crippen molar-refractivity contribution in [3.05, 3.63) is 82.0 Å². The Morgan fingerprint density at radius 2 is 1.74 bits per heavy atom. The van der Waals surface area contributed by atoms with E-state index in [4.69, 9.17) is 23.2 Å². The molecule has 4 rings (SSSR count). The molecule has 1 aliphatic heterocycles. The summed E-state index contributed by atoms with van der Waals surface area (Å²) in [4.78, 5) is 21.9. The van der Waals surface area contributed by atoms with Crippen molar-refractivity contribution in [1.82, 2.24) is 14.8 Å². The van der Waals surface area contributed by atoms with Crippen LogP contribution in [0.4, 0.5) is 0 Å². The number of aromatic nitrogens is 1. The summed E-state index contributed by atoms with van der Waals surface area (Å²) in [6.07, 6.45) is 4.82. The molecule has 9 heteroatoms. The van der Waals surface area contributed by atoms with E-state index >= 15 is 0 Å². The molecular weight excluding hydrogens is 505 g/mol. The number of piperidine rings is 1. The Bertz CT molecular complexity index is 1300. The maximum Gasteiger partial charge on any atom is 0.255 e. The van der Waals surface area contributed by atoms with Gasteiger partial charge in [0.1, 0.15) is 0 Å². The van der Waals surface area contributed by atoms with E-state index in [0.29, 0.717) is 39.6 Å². The van der Waals surface area contributed by atoms with Gasteiger partial charge < -0.3 is 4.90 Å². The van der Waals surface area contributed by atoms with E-state index in [2.05, 4.69) is 16.9 Å². The summed E-state index contributed by atoms with van der Waals surface area (Å²) >= 11 is 12.2. The van der Waals surface area contributed by atoms with Crippen molar-refractivity contribution in [3.63, 3.8) is 0 Å². The summed E-state index contributed by atoms with van der Waals surface area (Å²) in [5.41, 5.74) is 3.25. The fraction of sp³-hybridized carbons (Fsp3) is 0.308. The standard InChI is InChI=1S/C26H27Cl2N3O3S/c1-30(21-11-13-31(14-12-21)26(32)23-9-6-20(27)15-24(23)28)17-18-3-10-25(29-16-18)19-4-7-22(8-5-19)35(2,33)34/h3-10,15-16,21H,11-14,17H2,1-2H3. The SMILES string of the molecule is CN(Cc1ccc(-c2ccc(S(C)(=O)=O)cc2)nc1)C1CCN(C(=O)c2ccc(Cl)cc2Cl)CC1. The summed E-state index contributed by atoms with van der Waals surface area (Å²) in [6, 6.07) is 16.1. The second kappa shape index (κ2) is 10.7. The minimum absolute atomic E-state index is 0.0582. The third kappa shape index (κ3) is 6.22. The number of nitrogens with zero attached hydrogens (tertiary/aromatic N) is 3. The Labute approximate surface area is 216 Å². The Morgan fingerprint density at radius 3 is 2.31 bits per heavy atom. The summed E-state index contributed by atoms with van der Waals surface area (Å²) in [5.74, 6) is -0.0582. The Hall–Kier alpha value is -2.45. The number of carbonyl (C=O) groups excluding carboxylic acids is 1. The molecule has 1 aliphatic rings. The van der Waals surface area contributed by atoms with Gasteiger partial charge in [-0.05, 0) is 61.9 Å². The van der Waals surface area contributed by atoms with Crippen molar-refractivity contribution in [2.75, 3.05) is 26.4 Å². The number of halogens is 2. The predicted molar refractivity (Wildman–Crippen MR) is 140 cm³/mol. The number of pyridine rings is 1. The zero-order valence-electron chi connectivity index (χ0n) is 19.6. The van der Waals surface area contributed by atoms with Gasteiger partial charge in [0.25, 0.3) is 5.91 Å². The Kier molecular flexibility index (Phi) is 7.81. The highest BCUT2D eigenvalue weighted by Crippen LogP contribution is 2.25.